The van der Waals surface area contributed by atoms with Gasteiger partial charge in [-0.2, -0.15) is 0 Å². The molecule has 1 aromatic carbocycles. The van der Waals surface area contributed by atoms with Crippen molar-refractivity contribution in [3.63, 3.8) is 0 Å². The van der Waals surface area contributed by atoms with Gasteiger partial charge in [0.15, 0.2) is 11.5 Å². The number of urea groups is 1. The highest BCUT2D eigenvalue weighted by Gasteiger charge is 2.25. The number of carbonyl (C=O) groups excluding carboxylic acids is 1. The first-order valence-corrected chi connectivity index (χ1v) is 13.3. The first kappa shape index (κ1) is 32.0. The molecule has 3 atom stereocenters. The lowest BCUT2D eigenvalue weighted by atomic mass is 9.83. The van der Waals surface area contributed by atoms with Crippen LogP contribution in [-0.2, 0) is 11.2 Å². The highest BCUT2D eigenvalue weighted by molar-refractivity contribution is 5.74. The number of aliphatic hydroxyl groups is 1. The quantitative estimate of drug-likeness (QED) is 0.220. The second-order valence-electron chi connectivity index (χ2n) is 10.7. The van der Waals surface area contributed by atoms with Crippen molar-refractivity contribution in [2.24, 2.45) is 17.6 Å². The number of benzene rings is 1. The molecule has 0 saturated carbocycles. The van der Waals surface area contributed by atoms with E-state index in [2.05, 4.69) is 31.4 Å². The average Bonchev–Trinajstić information content (AvgIpc) is 2.83. The third-order valence-corrected chi connectivity index (χ3v) is 6.57. The maximum absolute atomic E-state index is 12.3. The summed E-state index contributed by atoms with van der Waals surface area (Å²) in [7, 11) is 3.31. The fraction of sp³-hybridized carbons (Fsp3) is 0.750. The van der Waals surface area contributed by atoms with Crippen LogP contribution in [0, 0.1) is 11.8 Å². The second-order valence-corrected chi connectivity index (χ2v) is 10.7. The van der Waals surface area contributed by atoms with E-state index in [0.717, 1.165) is 43.4 Å². The fourth-order valence-corrected chi connectivity index (χ4v) is 4.13. The number of nitrogens with one attached hydrogen (secondary N) is 2. The summed E-state index contributed by atoms with van der Waals surface area (Å²) in [6, 6.07) is 5.27. The summed E-state index contributed by atoms with van der Waals surface area (Å²) in [6.07, 6.45) is 4.44. The minimum Gasteiger partial charge on any atom is -0.493 e. The van der Waals surface area contributed by atoms with Gasteiger partial charge in [0.05, 0.1) is 19.8 Å². The standard InChI is InChI=1S/C28H51N3O5/c1-8-9-13-28(4,5)31-27(33)30-19-24(32)23(29)18-22(20(2)3)16-21-11-12-25(35-7)26(17-21)36-15-10-14-34-6/h11-12,17,20,22-24,32H,8-10,13-16,18-19,29H2,1-7H3,(H2,30,31,33)/t22-,23-,24-/m0/s1. The lowest BCUT2D eigenvalue weighted by Gasteiger charge is -2.29. The van der Waals surface area contributed by atoms with Crippen LogP contribution >= 0.6 is 0 Å². The molecule has 36 heavy (non-hydrogen) atoms. The summed E-state index contributed by atoms with van der Waals surface area (Å²) in [6.45, 7) is 11.8. The van der Waals surface area contributed by atoms with Gasteiger partial charge in [-0.05, 0) is 62.6 Å². The second kappa shape index (κ2) is 16.7. The predicted molar refractivity (Wildman–Crippen MR) is 146 cm³/mol. The van der Waals surface area contributed by atoms with Crippen molar-refractivity contribution < 1.29 is 24.1 Å². The zero-order chi connectivity index (χ0) is 27.1. The number of unbranched alkanes of at least 4 members (excludes halogenated alkanes) is 1. The largest absolute Gasteiger partial charge is 0.493 e. The van der Waals surface area contributed by atoms with Crippen LogP contribution in [0.2, 0.25) is 0 Å². The molecule has 1 aromatic rings. The lowest BCUT2D eigenvalue weighted by molar-refractivity contribution is 0.124. The minimum absolute atomic E-state index is 0.115. The maximum atomic E-state index is 12.3. The van der Waals surface area contributed by atoms with E-state index in [1.807, 2.05) is 32.0 Å². The molecule has 0 fully saturated rings. The van der Waals surface area contributed by atoms with Crippen molar-refractivity contribution in [3.8, 4) is 11.5 Å². The van der Waals surface area contributed by atoms with E-state index in [9.17, 15) is 9.90 Å². The van der Waals surface area contributed by atoms with Gasteiger partial charge in [0.2, 0.25) is 0 Å². The molecule has 0 heterocycles. The number of ether oxygens (including phenoxy) is 3. The van der Waals surface area contributed by atoms with E-state index >= 15 is 0 Å². The normalized spacial score (nSPS) is 14.3. The molecule has 0 radical (unpaired) electrons. The van der Waals surface area contributed by atoms with Crippen LogP contribution in [0.1, 0.15) is 72.3 Å². The van der Waals surface area contributed by atoms with Crippen molar-refractivity contribution >= 4 is 6.03 Å². The van der Waals surface area contributed by atoms with Crippen molar-refractivity contribution in [3.05, 3.63) is 23.8 Å². The van der Waals surface area contributed by atoms with Crippen molar-refractivity contribution in [2.45, 2.75) is 90.8 Å². The third-order valence-electron chi connectivity index (χ3n) is 6.57. The van der Waals surface area contributed by atoms with Crippen LogP contribution in [0.5, 0.6) is 11.5 Å². The van der Waals surface area contributed by atoms with Crippen LogP contribution in [0.25, 0.3) is 0 Å². The molecule has 0 spiro atoms. The smallest absolute Gasteiger partial charge is 0.315 e. The third kappa shape index (κ3) is 12.3. The number of hydrogen-bond acceptors (Lipinski definition) is 6. The van der Waals surface area contributed by atoms with E-state index in [-0.39, 0.29) is 24.0 Å². The van der Waals surface area contributed by atoms with Gasteiger partial charge < -0.3 is 35.7 Å². The number of carbonyl (C=O) groups is 1. The molecular weight excluding hydrogens is 458 g/mol. The number of hydrogen-bond donors (Lipinski definition) is 4. The van der Waals surface area contributed by atoms with E-state index < -0.39 is 12.1 Å². The molecule has 0 unspecified atom stereocenters. The molecule has 0 aliphatic heterocycles. The van der Waals surface area contributed by atoms with Crippen LogP contribution in [0.3, 0.4) is 0 Å². The lowest BCUT2D eigenvalue weighted by Crippen LogP contribution is -2.52. The number of amides is 2. The van der Waals surface area contributed by atoms with Crippen LogP contribution in [0.15, 0.2) is 18.2 Å². The van der Waals surface area contributed by atoms with Gasteiger partial charge in [-0.15, -0.1) is 0 Å². The Morgan fingerprint density at radius 2 is 1.86 bits per heavy atom. The highest BCUT2D eigenvalue weighted by Crippen LogP contribution is 2.31. The van der Waals surface area contributed by atoms with Gasteiger partial charge in [-0.1, -0.05) is 39.7 Å². The zero-order valence-corrected chi connectivity index (χ0v) is 23.6. The number of rotatable bonds is 18. The van der Waals surface area contributed by atoms with E-state index in [1.54, 1.807) is 14.2 Å². The van der Waals surface area contributed by atoms with Crippen LogP contribution in [0.4, 0.5) is 4.79 Å². The monoisotopic (exact) mass is 509 g/mol. The molecule has 0 aliphatic carbocycles. The summed E-state index contributed by atoms with van der Waals surface area (Å²) < 4.78 is 16.5. The number of aliphatic hydroxyl groups excluding tert-OH is 1. The number of methoxy groups -OCH3 is 2. The molecule has 1 rings (SSSR count). The predicted octanol–water partition coefficient (Wildman–Crippen LogP) is 4.27. The van der Waals surface area contributed by atoms with E-state index in [1.165, 1.54) is 0 Å². The number of nitrogens with two attached hydrogens (primary N) is 1. The Kier molecular flexibility index (Phi) is 14.8. The molecular formula is C28H51N3O5. The molecule has 0 aromatic heterocycles. The molecule has 2 amide bonds. The molecule has 8 nitrogen and oxygen atoms in total. The maximum Gasteiger partial charge on any atom is 0.315 e. The van der Waals surface area contributed by atoms with Gasteiger partial charge in [-0.25, -0.2) is 4.79 Å². The molecule has 0 aliphatic rings. The first-order valence-electron chi connectivity index (χ1n) is 13.3. The van der Waals surface area contributed by atoms with Crippen molar-refractivity contribution in [1.82, 2.24) is 10.6 Å². The SMILES string of the molecule is CCCCC(C)(C)NC(=O)NC[C@H](O)[C@@H](N)C[C@H](Cc1ccc(OC)c(OCCCOC)c1)C(C)C. The summed E-state index contributed by atoms with van der Waals surface area (Å²) in [4.78, 5) is 12.3. The summed E-state index contributed by atoms with van der Waals surface area (Å²) in [5, 5.41) is 16.4. The van der Waals surface area contributed by atoms with Gasteiger partial charge in [0.25, 0.3) is 0 Å². The summed E-state index contributed by atoms with van der Waals surface area (Å²) in [5.74, 6) is 2.04. The zero-order valence-electron chi connectivity index (χ0n) is 23.6. The summed E-state index contributed by atoms with van der Waals surface area (Å²) in [5.41, 5.74) is 7.22. The molecule has 0 bridgehead atoms. The van der Waals surface area contributed by atoms with Gasteiger partial charge in [0, 0.05) is 38.3 Å². The first-order chi connectivity index (χ1) is 17.0. The average molecular weight is 510 g/mol. The van der Waals surface area contributed by atoms with Gasteiger partial charge in [-0.3, -0.25) is 0 Å². The molecule has 208 valence electrons. The van der Waals surface area contributed by atoms with Gasteiger partial charge >= 0.3 is 6.03 Å². The topological polar surface area (TPSA) is 115 Å². The van der Waals surface area contributed by atoms with Gasteiger partial charge in [0.1, 0.15) is 0 Å². The molecule has 8 heteroatoms. The molecule has 0 saturated heterocycles. The Balaban J connectivity index is 2.68. The van der Waals surface area contributed by atoms with Crippen molar-refractivity contribution in [1.29, 1.82) is 0 Å². The fourth-order valence-electron chi connectivity index (χ4n) is 4.13. The minimum atomic E-state index is -0.827. The van der Waals surface area contributed by atoms with Crippen molar-refractivity contribution in [2.75, 3.05) is 34.0 Å². The summed E-state index contributed by atoms with van der Waals surface area (Å²) >= 11 is 0. The highest BCUT2D eigenvalue weighted by atomic mass is 16.5. The van der Waals surface area contributed by atoms with Crippen LogP contribution in [-0.4, -0.2) is 62.8 Å². The van der Waals surface area contributed by atoms with Crippen LogP contribution < -0.4 is 25.8 Å². The Labute approximate surface area is 218 Å². The van der Waals surface area contributed by atoms with E-state index in [4.69, 9.17) is 19.9 Å². The Morgan fingerprint density at radius 3 is 2.47 bits per heavy atom. The molecule has 5 N–H and O–H groups in total. The Bertz CT molecular complexity index is 757. The Morgan fingerprint density at radius 1 is 1.14 bits per heavy atom. The van der Waals surface area contributed by atoms with E-state index in [0.29, 0.717) is 31.3 Å². The Hall–Kier alpha value is -2.03.